The van der Waals surface area contributed by atoms with Gasteiger partial charge in [-0.3, -0.25) is 10.0 Å². The Morgan fingerprint density at radius 2 is 1.96 bits per heavy atom. The van der Waals surface area contributed by atoms with E-state index >= 15 is 0 Å². The second kappa shape index (κ2) is 6.38. The number of benzene rings is 2. The van der Waals surface area contributed by atoms with Gasteiger partial charge in [-0.25, -0.2) is 9.87 Å². The highest BCUT2D eigenvalue weighted by atomic mass is 19.1. The highest BCUT2D eigenvalue weighted by Crippen LogP contribution is 2.31. The Morgan fingerprint density at radius 1 is 1.22 bits per heavy atom. The topological polar surface area (TPSA) is 58.6 Å². The van der Waals surface area contributed by atoms with Crippen LogP contribution in [0.1, 0.15) is 17.5 Å². The molecule has 0 saturated carbocycles. The number of ether oxygens (including phenoxy) is 1. The number of nitrogens with one attached hydrogen (secondary N) is 1. The van der Waals surface area contributed by atoms with E-state index in [-0.39, 0.29) is 17.6 Å². The van der Waals surface area contributed by atoms with Gasteiger partial charge in [0.1, 0.15) is 0 Å². The van der Waals surface area contributed by atoms with Crippen molar-refractivity contribution in [3.8, 4) is 16.9 Å². The maximum absolute atomic E-state index is 13.9. The Labute approximate surface area is 133 Å². The molecule has 5 heteroatoms. The number of carbonyl (C=O) groups is 1. The standard InChI is InChI=1S/C18H18FNO3/c1-23-17-7-6-13(10-16(17)19)12-4-2-11-3-5-14(18(21)20-22)9-15(11)8-12/h2,4,6-8,10,14,22H,3,5,9H2,1H3,(H,20,21). The summed E-state index contributed by atoms with van der Waals surface area (Å²) >= 11 is 0. The van der Waals surface area contributed by atoms with E-state index in [0.29, 0.717) is 6.42 Å². The van der Waals surface area contributed by atoms with Gasteiger partial charge in [-0.05, 0) is 53.6 Å². The van der Waals surface area contributed by atoms with E-state index in [1.54, 1.807) is 11.5 Å². The predicted octanol–water partition coefficient (Wildman–Crippen LogP) is 3.11. The third-order valence-corrected chi connectivity index (χ3v) is 4.40. The average Bonchev–Trinajstić information content (AvgIpc) is 2.60. The molecule has 1 amide bonds. The molecular formula is C18H18FNO3. The van der Waals surface area contributed by atoms with Crippen molar-refractivity contribution in [2.75, 3.05) is 7.11 Å². The van der Waals surface area contributed by atoms with Gasteiger partial charge in [-0.1, -0.05) is 24.3 Å². The first-order chi connectivity index (χ1) is 11.1. The largest absolute Gasteiger partial charge is 0.494 e. The first kappa shape index (κ1) is 15.5. The van der Waals surface area contributed by atoms with E-state index in [1.807, 2.05) is 24.3 Å². The van der Waals surface area contributed by atoms with Crippen LogP contribution in [0.15, 0.2) is 36.4 Å². The smallest absolute Gasteiger partial charge is 0.246 e. The number of aryl methyl sites for hydroxylation is 1. The summed E-state index contributed by atoms with van der Waals surface area (Å²) in [4.78, 5) is 11.6. The first-order valence-electron chi connectivity index (χ1n) is 7.52. The Kier molecular flexibility index (Phi) is 4.30. The normalized spacial score (nSPS) is 16.6. The monoisotopic (exact) mass is 315 g/mol. The number of amides is 1. The van der Waals surface area contributed by atoms with Crippen molar-refractivity contribution in [1.29, 1.82) is 0 Å². The molecule has 0 fully saturated rings. The molecule has 4 nitrogen and oxygen atoms in total. The van der Waals surface area contributed by atoms with Gasteiger partial charge in [0, 0.05) is 5.92 Å². The predicted molar refractivity (Wildman–Crippen MR) is 83.8 cm³/mol. The molecule has 2 aromatic rings. The van der Waals surface area contributed by atoms with Crippen molar-refractivity contribution < 1.29 is 19.1 Å². The fourth-order valence-electron chi connectivity index (χ4n) is 3.10. The molecule has 0 radical (unpaired) electrons. The molecule has 0 heterocycles. The summed E-state index contributed by atoms with van der Waals surface area (Å²) in [6, 6.07) is 10.8. The summed E-state index contributed by atoms with van der Waals surface area (Å²) in [5.74, 6) is -0.765. The molecule has 120 valence electrons. The van der Waals surface area contributed by atoms with E-state index in [1.165, 1.54) is 18.7 Å². The summed E-state index contributed by atoms with van der Waals surface area (Å²) in [6.45, 7) is 0. The van der Waals surface area contributed by atoms with Crippen LogP contribution in [0.5, 0.6) is 5.75 Å². The number of halogens is 1. The minimum atomic E-state index is -0.403. The van der Waals surface area contributed by atoms with Gasteiger partial charge in [0.2, 0.25) is 5.91 Å². The minimum Gasteiger partial charge on any atom is -0.494 e. The zero-order chi connectivity index (χ0) is 16.4. The molecule has 1 unspecified atom stereocenters. The summed E-state index contributed by atoms with van der Waals surface area (Å²) in [5.41, 5.74) is 5.66. The lowest BCUT2D eigenvalue weighted by Crippen LogP contribution is -2.31. The molecule has 0 spiro atoms. The summed E-state index contributed by atoms with van der Waals surface area (Å²) in [5, 5.41) is 8.79. The number of fused-ring (bicyclic) bond motifs is 1. The van der Waals surface area contributed by atoms with Gasteiger partial charge in [-0.15, -0.1) is 0 Å². The number of methoxy groups -OCH3 is 1. The summed E-state index contributed by atoms with van der Waals surface area (Å²) in [6.07, 6.45) is 2.09. The van der Waals surface area contributed by atoms with Crippen LogP contribution in [0, 0.1) is 11.7 Å². The quantitative estimate of drug-likeness (QED) is 0.676. The van der Waals surface area contributed by atoms with Crippen molar-refractivity contribution in [1.82, 2.24) is 5.48 Å². The number of hydrogen-bond donors (Lipinski definition) is 2. The molecule has 1 aliphatic carbocycles. The van der Waals surface area contributed by atoms with Crippen LogP contribution >= 0.6 is 0 Å². The highest BCUT2D eigenvalue weighted by Gasteiger charge is 2.24. The molecule has 0 bridgehead atoms. The van der Waals surface area contributed by atoms with Crippen LogP contribution in [0.3, 0.4) is 0 Å². The van der Waals surface area contributed by atoms with Gasteiger partial charge in [-0.2, -0.15) is 0 Å². The van der Waals surface area contributed by atoms with Crippen molar-refractivity contribution in [2.45, 2.75) is 19.3 Å². The Balaban J connectivity index is 1.91. The first-order valence-corrected chi connectivity index (χ1v) is 7.52. The Hall–Kier alpha value is -2.40. The lowest BCUT2D eigenvalue weighted by molar-refractivity contribution is -0.133. The maximum atomic E-state index is 13.9. The lowest BCUT2D eigenvalue weighted by Gasteiger charge is -2.23. The molecule has 23 heavy (non-hydrogen) atoms. The molecular weight excluding hydrogens is 297 g/mol. The third kappa shape index (κ3) is 3.05. The van der Waals surface area contributed by atoms with E-state index in [2.05, 4.69) is 0 Å². The molecule has 0 aromatic heterocycles. The van der Waals surface area contributed by atoms with Crippen LogP contribution in [0.25, 0.3) is 11.1 Å². The average molecular weight is 315 g/mol. The van der Waals surface area contributed by atoms with Gasteiger partial charge < -0.3 is 4.74 Å². The molecule has 0 saturated heterocycles. The molecule has 1 atom stereocenters. The van der Waals surface area contributed by atoms with Crippen molar-refractivity contribution in [3.63, 3.8) is 0 Å². The fourth-order valence-corrected chi connectivity index (χ4v) is 3.10. The van der Waals surface area contributed by atoms with Gasteiger partial charge in [0.15, 0.2) is 11.6 Å². The molecule has 3 rings (SSSR count). The maximum Gasteiger partial charge on any atom is 0.246 e. The SMILES string of the molecule is COc1ccc(-c2ccc3c(c2)CC(C(=O)NO)CC3)cc1F. The molecule has 1 aliphatic rings. The molecule has 2 aromatic carbocycles. The zero-order valence-corrected chi connectivity index (χ0v) is 12.8. The van der Waals surface area contributed by atoms with Crippen molar-refractivity contribution >= 4 is 5.91 Å². The third-order valence-electron chi connectivity index (χ3n) is 4.40. The number of rotatable bonds is 3. The minimum absolute atomic E-state index is 0.214. The molecule has 2 N–H and O–H groups in total. The van der Waals surface area contributed by atoms with Crippen molar-refractivity contribution in [2.24, 2.45) is 5.92 Å². The molecule has 0 aliphatic heterocycles. The van der Waals surface area contributed by atoms with E-state index in [4.69, 9.17) is 9.94 Å². The number of hydroxylamine groups is 1. The Morgan fingerprint density at radius 3 is 2.65 bits per heavy atom. The van der Waals surface area contributed by atoms with E-state index in [9.17, 15) is 9.18 Å². The van der Waals surface area contributed by atoms with Crippen LogP contribution < -0.4 is 10.2 Å². The fraction of sp³-hybridized carbons (Fsp3) is 0.278. The highest BCUT2D eigenvalue weighted by molar-refractivity contribution is 5.78. The second-order valence-electron chi connectivity index (χ2n) is 5.75. The number of carbonyl (C=O) groups excluding carboxylic acids is 1. The Bertz CT molecular complexity index is 745. The summed E-state index contributed by atoms with van der Waals surface area (Å²) < 4.78 is 18.8. The van der Waals surface area contributed by atoms with Crippen LogP contribution in [-0.4, -0.2) is 18.2 Å². The van der Waals surface area contributed by atoms with Gasteiger partial charge >= 0.3 is 0 Å². The van der Waals surface area contributed by atoms with Gasteiger partial charge in [0.25, 0.3) is 0 Å². The summed E-state index contributed by atoms with van der Waals surface area (Å²) in [7, 11) is 1.43. The van der Waals surface area contributed by atoms with Gasteiger partial charge in [0.05, 0.1) is 7.11 Å². The van der Waals surface area contributed by atoms with E-state index in [0.717, 1.165) is 29.5 Å². The van der Waals surface area contributed by atoms with E-state index < -0.39 is 5.82 Å². The van der Waals surface area contributed by atoms with Crippen LogP contribution in [-0.2, 0) is 17.6 Å². The van der Waals surface area contributed by atoms with Crippen molar-refractivity contribution in [3.05, 3.63) is 53.3 Å². The van der Waals surface area contributed by atoms with Crippen LogP contribution in [0.4, 0.5) is 4.39 Å². The second-order valence-corrected chi connectivity index (χ2v) is 5.75. The zero-order valence-electron chi connectivity index (χ0n) is 12.8. The van der Waals surface area contributed by atoms with Crippen LogP contribution in [0.2, 0.25) is 0 Å². The lowest BCUT2D eigenvalue weighted by atomic mass is 9.82. The number of hydrogen-bond acceptors (Lipinski definition) is 3.